The molecule has 0 spiro atoms. The lowest BCUT2D eigenvalue weighted by molar-refractivity contribution is -0.116. The van der Waals surface area contributed by atoms with Crippen molar-refractivity contribution < 1.29 is 4.79 Å². The molecule has 2 heterocycles. The van der Waals surface area contributed by atoms with Crippen LogP contribution in [0.15, 0.2) is 36.0 Å². The zero-order valence-corrected chi connectivity index (χ0v) is 9.93. The quantitative estimate of drug-likeness (QED) is 0.808. The van der Waals surface area contributed by atoms with Crippen LogP contribution in [0.25, 0.3) is 6.08 Å². The molecule has 2 rings (SSSR count). The maximum absolute atomic E-state index is 11.4. The highest BCUT2D eigenvalue weighted by Crippen LogP contribution is 2.09. The Hall–Kier alpha value is -1.95. The van der Waals surface area contributed by atoms with E-state index in [1.807, 2.05) is 17.5 Å². The summed E-state index contributed by atoms with van der Waals surface area (Å²) in [6.45, 7) is 1.09. The number of carbonyl (C=O) groups is 1. The van der Waals surface area contributed by atoms with Crippen LogP contribution in [0.5, 0.6) is 0 Å². The first kappa shape index (κ1) is 11.5. The van der Waals surface area contributed by atoms with Gasteiger partial charge in [-0.3, -0.25) is 4.79 Å². The standard InChI is InChI=1S/C11H12N4OS/c16-11(4-3-10-2-1-9-17-10)12-7-8-15-13-5-6-14-15/h1-6,9H,7-8H2,(H,12,16). The molecular weight excluding hydrogens is 236 g/mol. The van der Waals surface area contributed by atoms with Crippen molar-refractivity contribution in [3.8, 4) is 0 Å². The van der Waals surface area contributed by atoms with Crippen LogP contribution in [0.4, 0.5) is 0 Å². The number of nitrogens with one attached hydrogen (secondary N) is 1. The zero-order valence-electron chi connectivity index (χ0n) is 9.11. The third kappa shape index (κ3) is 3.84. The van der Waals surface area contributed by atoms with Crippen molar-refractivity contribution in [1.29, 1.82) is 0 Å². The van der Waals surface area contributed by atoms with Gasteiger partial charge in [-0.05, 0) is 17.5 Å². The highest BCUT2D eigenvalue weighted by molar-refractivity contribution is 7.10. The summed E-state index contributed by atoms with van der Waals surface area (Å²) in [7, 11) is 0. The summed E-state index contributed by atoms with van der Waals surface area (Å²) in [6, 6.07) is 3.91. The summed E-state index contributed by atoms with van der Waals surface area (Å²) in [4.78, 5) is 14.0. The van der Waals surface area contributed by atoms with Gasteiger partial charge in [-0.2, -0.15) is 15.0 Å². The Labute approximate surface area is 103 Å². The van der Waals surface area contributed by atoms with E-state index in [0.29, 0.717) is 13.1 Å². The van der Waals surface area contributed by atoms with Crippen LogP contribution in [0.3, 0.4) is 0 Å². The number of aromatic nitrogens is 3. The number of amides is 1. The van der Waals surface area contributed by atoms with Crippen molar-refractivity contribution >= 4 is 23.3 Å². The van der Waals surface area contributed by atoms with E-state index in [1.54, 1.807) is 29.8 Å². The number of hydrogen-bond acceptors (Lipinski definition) is 4. The minimum Gasteiger partial charge on any atom is -0.351 e. The van der Waals surface area contributed by atoms with Gasteiger partial charge in [-0.15, -0.1) is 11.3 Å². The van der Waals surface area contributed by atoms with E-state index in [9.17, 15) is 4.79 Å². The highest BCUT2D eigenvalue weighted by atomic mass is 32.1. The Balaban J connectivity index is 1.71. The molecule has 0 aliphatic rings. The van der Waals surface area contributed by atoms with Gasteiger partial charge in [0, 0.05) is 17.5 Å². The smallest absolute Gasteiger partial charge is 0.244 e. The van der Waals surface area contributed by atoms with Crippen molar-refractivity contribution in [2.24, 2.45) is 0 Å². The number of rotatable bonds is 5. The molecule has 0 bridgehead atoms. The van der Waals surface area contributed by atoms with E-state index >= 15 is 0 Å². The molecule has 0 unspecified atom stereocenters. The largest absolute Gasteiger partial charge is 0.351 e. The summed E-state index contributed by atoms with van der Waals surface area (Å²) in [5.41, 5.74) is 0. The van der Waals surface area contributed by atoms with E-state index in [4.69, 9.17) is 0 Å². The Morgan fingerprint density at radius 1 is 1.47 bits per heavy atom. The Kier molecular flexibility index (Phi) is 4.04. The minimum atomic E-state index is -0.106. The minimum absolute atomic E-state index is 0.106. The molecule has 0 aliphatic carbocycles. The van der Waals surface area contributed by atoms with E-state index in [1.165, 1.54) is 10.9 Å². The Morgan fingerprint density at radius 2 is 2.29 bits per heavy atom. The third-order valence-electron chi connectivity index (χ3n) is 2.02. The van der Waals surface area contributed by atoms with Gasteiger partial charge in [0.2, 0.25) is 5.91 Å². The molecule has 0 radical (unpaired) electrons. The molecule has 2 aromatic rings. The average Bonchev–Trinajstić information content (AvgIpc) is 2.99. The van der Waals surface area contributed by atoms with Gasteiger partial charge in [0.25, 0.3) is 0 Å². The van der Waals surface area contributed by atoms with Gasteiger partial charge in [0.15, 0.2) is 0 Å². The molecule has 1 N–H and O–H groups in total. The Morgan fingerprint density at radius 3 is 3.00 bits per heavy atom. The van der Waals surface area contributed by atoms with Crippen molar-refractivity contribution in [2.45, 2.75) is 6.54 Å². The molecule has 0 atom stereocenters. The molecule has 0 aromatic carbocycles. The molecule has 2 aromatic heterocycles. The van der Waals surface area contributed by atoms with Gasteiger partial charge < -0.3 is 5.32 Å². The monoisotopic (exact) mass is 248 g/mol. The second-order valence-electron chi connectivity index (χ2n) is 3.26. The molecule has 0 saturated heterocycles. The van der Waals surface area contributed by atoms with Gasteiger partial charge in [-0.1, -0.05) is 6.07 Å². The van der Waals surface area contributed by atoms with Crippen LogP contribution in [-0.4, -0.2) is 27.4 Å². The van der Waals surface area contributed by atoms with Crippen molar-refractivity contribution in [1.82, 2.24) is 20.3 Å². The molecule has 17 heavy (non-hydrogen) atoms. The van der Waals surface area contributed by atoms with Crippen molar-refractivity contribution in [3.63, 3.8) is 0 Å². The van der Waals surface area contributed by atoms with E-state index in [0.717, 1.165) is 4.88 Å². The van der Waals surface area contributed by atoms with Gasteiger partial charge in [-0.25, -0.2) is 0 Å². The highest BCUT2D eigenvalue weighted by Gasteiger charge is 1.96. The topological polar surface area (TPSA) is 59.8 Å². The summed E-state index contributed by atoms with van der Waals surface area (Å²) < 4.78 is 0. The molecule has 0 aliphatic heterocycles. The SMILES string of the molecule is O=C(C=Cc1cccs1)NCCn1nccn1. The zero-order chi connectivity index (χ0) is 11.9. The summed E-state index contributed by atoms with van der Waals surface area (Å²) in [6.07, 6.45) is 6.55. The molecule has 0 fully saturated rings. The van der Waals surface area contributed by atoms with Crippen molar-refractivity contribution in [3.05, 3.63) is 40.9 Å². The van der Waals surface area contributed by atoms with Gasteiger partial charge >= 0.3 is 0 Å². The van der Waals surface area contributed by atoms with Crippen LogP contribution in [0, 0.1) is 0 Å². The van der Waals surface area contributed by atoms with E-state index in [-0.39, 0.29) is 5.91 Å². The third-order valence-corrected chi connectivity index (χ3v) is 2.86. The lowest BCUT2D eigenvalue weighted by Gasteiger charge is -2.00. The number of carbonyl (C=O) groups excluding carboxylic acids is 1. The lowest BCUT2D eigenvalue weighted by atomic mass is 10.4. The molecule has 6 heteroatoms. The molecule has 88 valence electrons. The van der Waals surface area contributed by atoms with Crippen LogP contribution in [0.1, 0.15) is 4.88 Å². The lowest BCUT2D eigenvalue weighted by Crippen LogP contribution is -2.26. The van der Waals surface area contributed by atoms with E-state index in [2.05, 4.69) is 15.5 Å². The number of nitrogens with zero attached hydrogens (tertiary/aromatic N) is 3. The second kappa shape index (κ2) is 5.95. The summed E-state index contributed by atoms with van der Waals surface area (Å²) in [5.74, 6) is -0.106. The van der Waals surface area contributed by atoms with Gasteiger partial charge in [0.05, 0.1) is 18.9 Å². The van der Waals surface area contributed by atoms with E-state index < -0.39 is 0 Å². The number of hydrogen-bond donors (Lipinski definition) is 1. The van der Waals surface area contributed by atoms with Crippen LogP contribution in [-0.2, 0) is 11.3 Å². The Bertz CT molecular complexity index is 476. The van der Waals surface area contributed by atoms with Crippen LogP contribution < -0.4 is 5.32 Å². The first-order chi connectivity index (χ1) is 8.34. The summed E-state index contributed by atoms with van der Waals surface area (Å²) >= 11 is 1.60. The molecule has 1 amide bonds. The van der Waals surface area contributed by atoms with Crippen molar-refractivity contribution in [2.75, 3.05) is 6.54 Å². The average molecular weight is 248 g/mol. The maximum Gasteiger partial charge on any atom is 0.244 e. The van der Waals surface area contributed by atoms with Crippen LogP contribution >= 0.6 is 11.3 Å². The molecule has 0 saturated carbocycles. The maximum atomic E-state index is 11.4. The molecule has 5 nitrogen and oxygen atoms in total. The number of thiophene rings is 1. The fourth-order valence-corrected chi connectivity index (χ4v) is 1.86. The fraction of sp³-hybridized carbons (Fsp3) is 0.182. The van der Waals surface area contributed by atoms with Gasteiger partial charge in [0.1, 0.15) is 0 Å². The predicted molar refractivity (Wildman–Crippen MR) is 66.4 cm³/mol. The summed E-state index contributed by atoms with van der Waals surface area (Å²) in [5, 5.41) is 12.6. The van der Waals surface area contributed by atoms with Crippen LogP contribution in [0.2, 0.25) is 0 Å². The first-order valence-corrected chi connectivity index (χ1v) is 6.06. The molecular formula is C11H12N4OS. The normalized spacial score (nSPS) is 10.8. The first-order valence-electron chi connectivity index (χ1n) is 5.18. The second-order valence-corrected chi connectivity index (χ2v) is 4.24. The predicted octanol–water partition coefficient (Wildman–Crippen LogP) is 1.17. The fourth-order valence-electron chi connectivity index (χ4n) is 1.24.